The Morgan fingerprint density at radius 1 is 1.19 bits per heavy atom. The molecule has 3 rings (SSSR count). The molecule has 1 heterocycles. The van der Waals surface area contributed by atoms with Crippen LogP contribution in [0.3, 0.4) is 0 Å². The van der Waals surface area contributed by atoms with E-state index in [1.807, 2.05) is 12.1 Å². The van der Waals surface area contributed by atoms with Crippen molar-refractivity contribution in [2.24, 2.45) is 0 Å². The van der Waals surface area contributed by atoms with Crippen LogP contribution in [0, 0.1) is 5.82 Å². The molecule has 21 heavy (non-hydrogen) atoms. The predicted octanol–water partition coefficient (Wildman–Crippen LogP) is 4.62. The third-order valence-corrected chi connectivity index (χ3v) is 4.01. The van der Waals surface area contributed by atoms with Gasteiger partial charge in [0.15, 0.2) is 11.5 Å². The highest BCUT2D eigenvalue weighted by Gasteiger charge is 2.16. The second kappa shape index (κ2) is 6.12. The van der Waals surface area contributed by atoms with Crippen LogP contribution in [0.2, 0.25) is 5.02 Å². The standard InChI is InChI=1S/C15H12BrClFNO2/c16-11-7-10(18)1-2-13(11)19-8-9-5-12(17)15-14(6-9)20-3-4-21-15/h1-2,5-7,19H,3-4,8H2. The van der Waals surface area contributed by atoms with Crippen molar-refractivity contribution in [1.29, 1.82) is 0 Å². The summed E-state index contributed by atoms with van der Waals surface area (Å²) < 4.78 is 24.7. The minimum atomic E-state index is -0.283. The molecule has 1 aliphatic heterocycles. The minimum Gasteiger partial charge on any atom is -0.486 e. The van der Waals surface area contributed by atoms with E-state index in [-0.39, 0.29) is 5.82 Å². The molecule has 1 N–H and O–H groups in total. The maximum atomic E-state index is 13.0. The zero-order valence-corrected chi connectivity index (χ0v) is 13.3. The fourth-order valence-electron chi connectivity index (χ4n) is 2.10. The summed E-state index contributed by atoms with van der Waals surface area (Å²) in [6, 6.07) is 8.23. The van der Waals surface area contributed by atoms with Gasteiger partial charge in [-0.2, -0.15) is 0 Å². The average Bonchev–Trinajstić information content (AvgIpc) is 2.46. The van der Waals surface area contributed by atoms with Gasteiger partial charge in [0.2, 0.25) is 0 Å². The topological polar surface area (TPSA) is 30.5 Å². The predicted molar refractivity (Wildman–Crippen MR) is 83.9 cm³/mol. The van der Waals surface area contributed by atoms with Crippen molar-refractivity contribution in [1.82, 2.24) is 0 Å². The third-order valence-electron chi connectivity index (χ3n) is 3.07. The Morgan fingerprint density at radius 2 is 2.00 bits per heavy atom. The zero-order chi connectivity index (χ0) is 14.8. The molecule has 0 unspecified atom stereocenters. The Labute approximate surface area is 135 Å². The summed E-state index contributed by atoms with van der Waals surface area (Å²) in [4.78, 5) is 0. The van der Waals surface area contributed by atoms with E-state index in [4.69, 9.17) is 21.1 Å². The van der Waals surface area contributed by atoms with Crippen molar-refractivity contribution in [2.75, 3.05) is 18.5 Å². The van der Waals surface area contributed by atoms with E-state index in [2.05, 4.69) is 21.2 Å². The van der Waals surface area contributed by atoms with Crippen molar-refractivity contribution in [3.63, 3.8) is 0 Å². The van der Waals surface area contributed by atoms with Crippen LogP contribution in [-0.2, 0) is 6.54 Å². The quantitative estimate of drug-likeness (QED) is 0.852. The largest absolute Gasteiger partial charge is 0.486 e. The van der Waals surface area contributed by atoms with Gasteiger partial charge in [-0.25, -0.2) is 4.39 Å². The molecule has 0 saturated carbocycles. The number of fused-ring (bicyclic) bond motifs is 1. The van der Waals surface area contributed by atoms with Crippen molar-refractivity contribution in [2.45, 2.75) is 6.54 Å². The fourth-order valence-corrected chi connectivity index (χ4v) is 2.88. The number of ether oxygens (including phenoxy) is 2. The molecule has 1 aliphatic rings. The summed E-state index contributed by atoms with van der Waals surface area (Å²) in [5.41, 5.74) is 1.77. The Morgan fingerprint density at radius 3 is 2.81 bits per heavy atom. The van der Waals surface area contributed by atoms with Crippen LogP contribution in [0.1, 0.15) is 5.56 Å². The molecule has 2 aromatic rings. The number of halogens is 3. The monoisotopic (exact) mass is 371 g/mol. The van der Waals surface area contributed by atoms with Gasteiger partial charge >= 0.3 is 0 Å². The molecule has 0 fully saturated rings. The maximum absolute atomic E-state index is 13.0. The lowest BCUT2D eigenvalue weighted by Gasteiger charge is -2.20. The van der Waals surface area contributed by atoms with Crippen LogP contribution in [0.25, 0.3) is 0 Å². The number of hydrogen-bond acceptors (Lipinski definition) is 3. The van der Waals surface area contributed by atoms with Gasteiger partial charge in [-0.1, -0.05) is 11.6 Å². The van der Waals surface area contributed by atoms with Crippen LogP contribution < -0.4 is 14.8 Å². The van der Waals surface area contributed by atoms with Gasteiger partial charge < -0.3 is 14.8 Å². The van der Waals surface area contributed by atoms with Gasteiger partial charge in [-0.05, 0) is 51.8 Å². The maximum Gasteiger partial charge on any atom is 0.179 e. The number of anilines is 1. The number of benzene rings is 2. The van der Waals surface area contributed by atoms with Gasteiger partial charge in [0.05, 0.1) is 5.02 Å². The summed E-state index contributed by atoms with van der Waals surface area (Å²) in [5, 5.41) is 3.75. The zero-order valence-electron chi connectivity index (χ0n) is 11.0. The number of nitrogens with one attached hydrogen (secondary N) is 1. The molecular formula is C15H12BrClFNO2. The SMILES string of the molecule is Fc1ccc(NCc2cc(Cl)c3c(c2)OCCO3)c(Br)c1. The van der Waals surface area contributed by atoms with E-state index in [0.29, 0.717) is 40.8 Å². The fraction of sp³-hybridized carbons (Fsp3) is 0.200. The number of rotatable bonds is 3. The molecule has 0 saturated heterocycles. The molecule has 3 nitrogen and oxygen atoms in total. The van der Waals surface area contributed by atoms with E-state index < -0.39 is 0 Å². The Kier molecular flexibility index (Phi) is 4.22. The van der Waals surface area contributed by atoms with Crippen molar-refractivity contribution in [3.8, 4) is 11.5 Å². The third kappa shape index (κ3) is 3.24. The highest BCUT2D eigenvalue weighted by molar-refractivity contribution is 9.10. The summed E-state index contributed by atoms with van der Waals surface area (Å²) in [7, 11) is 0. The highest BCUT2D eigenvalue weighted by atomic mass is 79.9. The molecule has 110 valence electrons. The van der Waals surface area contributed by atoms with Crippen LogP contribution in [0.15, 0.2) is 34.8 Å². The normalized spacial score (nSPS) is 13.1. The van der Waals surface area contributed by atoms with Crippen molar-refractivity contribution >= 4 is 33.2 Å². The molecule has 6 heteroatoms. The lowest BCUT2D eigenvalue weighted by atomic mass is 10.2. The molecule has 0 spiro atoms. The molecule has 0 aromatic heterocycles. The Hall–Kier alpha value is -1.46. The van der Waals surface area contributed by atoms with E-state index in [0.717, 1.165) is 11.3 Å². The number of hydrogen-bond donors (Lipinski definition) is 1. The van der Waals surface area contributed by atoms with Crippen LogP contribution in [0.5, 0.6) is 11.5 Å². The van der Waals surface area contributed by atoms with Gasteiger partial charge in [-0.15, -0.1) is 0 Å². The highest BCUT2D eigenvalue weighted by Crippen LogP contribution is 2.38. The van der Waals surface area contributed by atoms with Crippen LogP contribution in [0.4, 0.5) is 10.1 Å². The van der Waals surface area contributed by atoms with Crippen molar-refractivity contribution < 1.29 is 13.9 Å². The van der Waals surface area contributed by atoms with Crippen molar-refractivity contribution in [3.05, 3.63) is 51.2 Å². The summed E-state index contributed by atoms with van der Waals surface area (Å²) >= 11 is 9.51. The van der Waals surface area contributed by atoms with Gasteiger partial charge in [0.1, 0.15) is 19.0 Å². The first-order chi connectivity index (χ1) is 10.1. The lowest BCUT2D eigenvalue weighted by molar-refractivity contribution is 0.171. The lowest BCUT2D eigenvalue weighted by Crippen LogP contribution is -2.16. The average molecular weight is 373 g/mol. The van der Waals surface area contributed by atoms with Gasteiger partial charge in [0, 0.05) is 16.7 Å². The Balaban J connectivity index is 1.77. The smallest absolute Gasteiger partial charge is 0.179 e. The first-order valence-electron chi connectivity index (χ1n) is 6.40. The first kappa shape index (κ1) is 14.5. The second-order valence-electron chi connectivity index (χ2n) is 4.58. The second-order valence-corrected chi connectivity index (χ2v) is 5.84. The molecule has 2 aromatic carbocycles. The summed E-state index contributed by atoms with van der Waals surface area (Å²) in [6.07, 6.45) is 0. The molecule has 0 bridgehead atoms. The van der Waals surface area contributed by atoms with E-state index in [1.54, 1.807) is 6.07 Å². The van der Waals surface area contributed by atoms with E-state index in [1.165, 1.54) is 12.1 Å². The molecule has 0 radical (unpaired) electrons. The Bertz CT molecular complexity index is 681. The molecule has 0 aliphatic carbocycles. The first-order valence-corrected chi connectivity index (χ1v) is 7.57. The molecule has 0 amide bonds. The van der Waals surface area contributed by atoms with E-state index >= 15 is 0 Å². The van der Waals surface area contributed by atoms with Crippen LogP contribution >= 0.6 is 27.5 Å². The van der Waals surface area contributed by atoms with E-state index in [9.17, 15) is 4.39 Å². The van der Waals surface area contributed by atoms with Gasteiger partial charge in [-0.3, -0.25) is 0 Å². The summed E-state index contributed by atoms with van der Waals surface area (Å²) in [6.45, 7) is 1.57. The molecular weight excluding hydrogens is 361 g/mol. The molecule has 0 atom stereocenters. The summed E-state index contributed by atoms with van der Waals surface area (Å²) in [5.74, 6) is 0.966. The van der Waals surface area contributed by atoms with Gasteiger partial charge in [0.25, 0.3) is 0 Å². The van der Waals surface area contributed by atoms with Crippen LogP contribution in [-0.4, -0.2) is 13.2 Å². The minimum absolute atomic E-state index is 0.283.